The Morgan fingerprint density at radius 3 is 2.05 bits per heavy atom. The molecule has 1 amide bonds. The van der Waals surface area contributed by atoms with Gasteiger partial charge >= 0.3 is 17.6 Å². The number of carbonyl (C=O) groups is 3. The highest BCUT2D eigenvalue weighted by atomic mass is 35.5. The third-order valence-electron chi connectivity index (χ3n) is 4.89. The summed E-state index contributed by atoms with van der Waals surface area (Å²) >= 11 is 6.04. The average molecular weight is 581 g/mol. The van der Waals surface area contributed by atoms with Gasteiger partial charge in [-0.3, -0.25) is 34.6 Å². The Hall–Kier alpha value is -4.86. The van der Waals surface area contributed by atoms with Gasteiger partial charge in [0, 0.05) is 19.1 Å². The van der Waals surface area contributed by atoms with Crippen LogP contribution in [0.15, 0.2) is 34.5 Å². The Morgan fingerprint density at radius 2 is 1.57 bits per heavy atom. The molecule has 17 heteroatoms. The minimum atomic E-state index is -0.908. The maximum absolute atomic E-state index is 12.3. The van der Waals surface area contributed by atoms with E-state index in [1.165, 1.54) is 31.1 Å². The van der Waals surface area contributed by atoms with Crippen molar-refractivity contribution in [3.8, 4) is 5.75 Å². The largest absolute Gasteiger partial charge is 0.494 e. The Kier molecular flexibility index (Phi) is 11.2. The molecule has 2 aromatic carbocycles. The van der Waals surface area contributed by atoms with Gasteiger partial charge in [-0.1, -0.05) is 11.6 Å². The maximum atomic E-state index is 12.3. The number of nitro benzene ring substituents is 2. The molecule has 0 aromatic heterocycles. The van der Waals surface area contributed by atoms with E-state index in [-0.39, 0.29) is 49.1 Å². The standard InChI is InChI=1S/C23H25ClN6O10/c1-5-39-21(32)11-28(12-22(33)40-6-2)18-9-16(25-13(3)31)17(10-20(18)38-4)26-27-23-15(24)7-14(29(34)35)8-19(23)30(36)37/h7-10H,5-6,11-12H2,1-4H3,(H,25,31)/b27-26+. The monoisotopic (exact) mass is 580 g/mol. The van der Waals surface area contributed by atoms with Gasteiger partial charge in [0.2, 0.25) is 5.91 Å². The number of carbonyl (C=O) groups excluding carboxylic acids is 3. The van der Waals surface area contributed by atoms with Crippen molar-refractivity contribution in [2.45, 2.75) is 20.8 Å². The second kappa shape index (κ2) is 14.3. The van der Waals surface area contributed by atoms with Crippen molar-refractivity contribution in [1.82, 2.24) is 0 Å². The van der Waals surface area contributed by atoms with Gasteiger partial charge in [0.05, 0.1) is 52.6 Å². The van der Waals surface area contributed by atoms with Crippen LogP contribution in [0.1, 0.15) is 20.8 Å². The van der Waals surface area contributed by atoms with Crippen molar-refractivity contribution in [1.29, 1.82) is 0 Å². The van der Waals surface area contributed by atoms with Gasteiger partial charge in [0.25, 0.3) is 5.69 Å². The van der Waals surface area contributed by atoms with Crippen LogP contribution in [0.3, 0.4) is 0 Å². The number of methoxy groups -OCH3 is 1. The van der Waals surface area contributed by atoms with Gasteiger partial charge in [-0.15, -0.1) is 10.2 Å². The lowest BCUT2D eigenvalue weighted by Gasteiger charge is -2.25. The summed E-state index contributed by atoms with van der Waals surface area (Å²) in [4.78, 5) is 58.6. The summed E-state index contributed by atoms with van der Waals surface area (Å²) in [6, 6.07) is 4.20. The first-order valence-electron chi connectivity index (χ1n) is 11.5. The summed E-state index contributed by atoms with van der Waals surface area (Å²) in [5, 5.41) is 32.5. The number of esters is 2. The number of non-ortho nitro benzene ring substituents is 1. The molecule has 2 aromatic rings. The highest BCUT2D eigenvalue weighted by molar-refractivity contribution is 6.33. The van der Waals surface area contributed by atoms with Crippen molar-refractivity contribution < 1.29 is 38.4 Å². The van der Waals surface area contributed by atoms with Crippen LogP contribution in [-0.4, -0.2) is 61.1 Å². The highest BCUT2D eigenvalue weighted by Crippen LogP contribution is 2.42. The molecule has 214 valence electrons. The number of halogens is 1. The van der Waals surface area contributed by atoms with Crippen molar-refractivity contribution in [3.63, 3.8) is 0 Å². The number of nitrogens with zero attached hydrogens (tertiary/aromatic N) is 5. The van der Waals surface area contributed by atoms with E-state index in [0.29, 0.717) is 6.07 Å². The molecule has 0 saturated carbocycles. The molecule has 0 spiro atoms. The Bertz CT molecular complexity index is 1330. The van der Waals surface area contributed by atoms with Crippen LogP contribution in [0.25, 0.3) is 0 Å². The summed E-state index contributed by atoms with van der Waals surface area (Å²) in [6.45, 7) is 3.86. The zero-order valence-electron chi connectivity index (χ0n) is 21.8. The molecule has 0 saturated heterocycles. The average Bonchev–Trinajstić information content (AvgIpc) is 2.87. The van der Waals surface area contributed by atoms with Gasteiger partial charge in [0.1, 0.15) is 24.5 Å². The van der Waals surface area contributed by atoms with Gasteiger partial charge in [0.15, 0.2) is 5.69 Å². The molecule has 0 heterocycles. The number of hydrogen-bond donors (Lipinski definition) is 1. The molecular weight excluding hydrogens is 556 g/mol. The minimum absolute atomic E-state index is 0.0189. The van der Waals surface area contributed by atoms with Crippen LogP contribution in [0.4, 0.5) is 34.1 Å². The van der Waals surface area contributed by atoms with Crippen molar-refractivity contribution in [2.75, 3.05) is 43.6 Å². The first-order valence-corrected chi connectivity index (χ1v) is 11.9. The predicted octanol–water partition coefficient (Wildman–Crippen LogP) is 4.47. The number of benzene rings is 2. The van der Waals surface area contributed by atoms with E-state index >= 15 is 0 Å². The number of ether oxygens (including phenoxy) is 3. The lowest BCUT2D eigenvalue weighted by atomic mass is 10.2. The minimum Gasteiger partial charge on any atom is -0.494 e. The molecule has 0 bridgehead atoms. The molecule has 40 heavy (non-hydrogen) atoms. The normalized spacial score (nSPS) is 10.6. The Morgan fingerprint density at radius 1 is 0.975 bits per heavy atom. The topological polar surface area (TPSA) is 205 Å². The molecule has 0 aliphatic rings. The first kappa shape index (κ1) is 31.4. The van der Waals surface area contributed by atoms with E-state index in [4.69, 9.17) is 25.8 Å². The zero-order valence-corrected chi connectivity index (χ0v) is 22.6. The number of nitro groups is 2. The van der Waals surface area contributed by atoms with Gasteiger partial charge in [-0.25, -0.2) is 0 Å². The van der Waals surface area contributed by atoms with Gasteiger partial charge in [-0.05, 0) is 19.9 Å². The number of anilines is 2. The van der Waals surface area contributed by atoms with Crippen LogP contribution in [0, 0.1) is 20.2 Å². The summed E-state index contributed by atoms with van der Waals surface area (Å²) in [7, 11) is 1.29. The number of hydrogen-bond acceptors (Lipinski definition) is 13. The number of nitrogens with one attached hydrogen (secondary N) is 1. The Labute approximate surface area is 232 Å². The van der Waals surface area contributed by atoms with Crippen LogP contribution >= 0.6 is 11.6 Å². The van der Waals surface area contributed by atoms with E-state index in [9.17, 15) is 34.6 Å². The van der Waals surface area contributed by atoms with E-state index in [2.05, 4.69) is 15.5 Å². The quantitative estimate of drug-likeness (QED) is 0.151. The summed E-state index contributed by atoms with van der Waals surface area (Å²) in [6.07, 6.45) is 0. The molecular formula is C23H25ClN6O10. The highest BCUT2D eigenvalue weighted by Gasteiger charge is 2.25. The number of rotatable bonds is 13. The van der Waals surface area contributed by atoms with Crippen molar-refractivity contribution in [2.24, 2.45) is 10.2 Å². The van der Waals surface area contributed by atoms with Crippen molar-refractivity contribution >= 4 is 63.6 Å². The third kappa shape index (κ3) is 8.32. The van der Waals surface area contributed by atoms with E-state index in [1.54, 1.807) is 13.8 Å². The lowest BCUT2D eigenvalue weighted by molar-refractivity contribution is -0.393. The SMILES string of the molecule is CCOC(=O)CN(CC(=O)OCC)c1cc(NC(C)=O)c(/N=N/c2c(Cl)cc([N+](=O)[O-])cc2[N+](=O)[O-])cc1OC. The van der Waals surface area contributed by atoms with Crippen LogP contribution < -0.4 is 15.0 Å². The number of amides is 1. The summed E-state index contributed by atoms with van der Waals surface area (Å²) in [5.74, 6) is -1.77. The molecule has 16 nitrogen and oxygen atoms in total. The zero-order chi connectivity index (χ0) is 30.0. The van der Waals surface area contributed by atoms with Crippen LogP contribution in [-0.2, 0) is 23.9 Å². The molecule has 2 rings (SSSR count). The Balaban J connectivity index is 2.68. The molecule has 0 atom stereocenters. The smallest absolute Gasteiger partial charge is 0.325 e. The van der Waals surface area contributed by atoms with Gasteiger partial charge in [-0.2, -0.15) is 0 Å². The van der Waals surface area contributed by atoms with Crippen molar-refractivity contribution in [3.05, 3.63) is 49.5 Å². The molecule has 0 fully saturated rings. The summed E-state index contributed by atoms with van der Waals surface area (Å²) < 4.78 is 15.4. The molecule has 1 N–H and O–H groups in total. The second-order valence-corrected chi connectivity index (χ2v) is 8.11. The van der Waals surface area contributed by atoms with E-state index < -0.39 is 49.8 Å². The maximum Gasteiger partial charge on any atom is 0.325 e. The summed E-state index contributed by atoms with van der Waals surface area (Å²) in [5.41, 5.74) is -1.74. The number of azo groups is 1. The fourth-order valence-electron chi connectivity index (χ4n) is 3.31. The third-order valence-corrected chi connectivity index (χ3v) is 5.18. The van der Waals surface area contributed by atoms with Crippen LogP contribution in [0.2, 0.25) is 5.02 Å². The van der Waals surface area contributed by atoms with E-state index in [0.717, 1.165) is 6.07 Å². The lowest BCUT2D eigenvalue weighted by Crippen LogP contribution is -2.36. The fourth-order valence-corrected chi connectivity index (χ4v) is 3.56. The molecule has 0 aliphatic heterocycles. The van der Waals surface area contributed by atoms with E-state index in [1.807, 2.05) is 0 Å². The van der Waals surface area contributed by atoms with Crippen LogP contribution in [0.5, 0.6) is 5.75 Å². The second-order valence-electron chi connectivity index (χ2n) is 7.70. The first-order chi connectivity index (χ1) is 18.9. The molecule has 0 radical (unpaired) electrons. The molecule has 0 aliphatic carbocycles. The van der Waals surface area contributed by atoms with Gasteiger partial charge < -0.3 is 24.4 Å². The molecule has 0 unspecified atom stereocenters. The predicted molar refractivity (Wildman–Crippen MR) is 142 cm³/mol. The fraction of sp³-hybridized carbons (Fsp3) is 0.348.